The molecule has 1 fully saturated rings. The minimum atomic E-state index is -4.68. The van der Waals surface area contributed by atoms with Crippen LogP contribution in [0.5, 0.6) is 0 Å². The van der Waals surface area contributed by atoms with Crippen molar-refractivity contribution in [2.45, 2.75) is 12.6 Å². The van der Waals surface area contributed by atoms with Gasteiger partial charge in [-0.2, -0.15) is 18.3 Å². The highest BCUT2D eigenvalue weighted by Crippen LogP contribution is 2.33. The lowest BCUT2D eigenvalue weighted by Crippen LogP contribution is -2.51. The quantitative estimate of drug-likeness (QED) is 0.774. The Balaban J connectivity index is 1.68. The summed E-state index contributed by atoms with van der Waals surface area (Å²) in [4.78, 5) is 26.9. The average molecular weight is 419 g/mol. The first-order chi connectivity index (χ1) is 13.2. The smallest absolute Gasteiger partial charge is 0.358 e. The molecule has 1 aromatic carbocycles. The average Bonchev–Trinajstić information content (AvgIpc) is 2.63. The van der Waals surface area contributed by atoms with Crippen LogP contribution in [-0.2, 0) is 17.4 Å². The van der Waals surface area contributed by atoms with Gasteiger partial charge in [0.25, 0.3) is 5.56 Å². The Labute approximate surface area is 161 Å². The van der Waals surface area contributed by atoms with E-state index in [9.17, 15) is 27.2 Å². The van der Waals surface area contributed by atoms with Crippen molar-refractivity contribution in [2.24, 2.45) is 0 Å². The summed E-state index contributed by atoms with van der Waals surface area (Å²) in [6, 6.07) is 2.50. The van der Waals surface area contributed by atoms with E-state index in [1.165, 1.54) is 11.1 Å². The maximum Gasteiger partial charge on any atom is 0.416 e. The zero-order valence-corrected chi connectivity index (χ0v) is 15.1. The number of anilines is 1. The molecule has 0 spiro atoms. The molecule has 2 heterocycles. The molecule has 0 atom stereocenters. The van der Waals surface area contributed by atoms with E-state index in [0.29, 0.717) is 18.3 Å². The van der Waals surface area contributed by atoms with Crippen molar-refractivity contribution in [1.82, 2.24) is 15.1 Å². The van der Waals surface area contributed by atoms with Crippen molar-refractivity contribution in [3.8, 4) is 0 Å². The number of H-pyrrole nitrogens is 1. The number of benzene rings is 1. The molecule has 1 aliphatic rings. The molecular weight excluding hydrogens is 404 g/mol. The van der Waals surface area contributed by atoms with Crippen LogP contribution >= 0.6 is 11.6 Å². The zero-order chi connectivity index (χ0) is 20.5. The van der Waals surface area contributed by atoms with Gasteiger partial charge in [-0.1, -0.05) is 17.7 Å². The summed E-state index contributed by atoms with van der Waals surface area (Å²) in [5.74, 6) is -1.29. The van der Waals surface area contributed by atoms with E-state index in [1.807, 2.05) is 0 Å². The van der Waals surface area contributed by atoms with Crippen LogP contribution in [0.3, 0.4) is 0 Å². The molecule has 150 valence electrons. The molecule has 3 rings (SSSR count). The van der Waals surface area contributed by atoms with Crippen molar-refractivity contribution in [3.05, 3.63) is 56.7 Å². The van der Waals surface area contributed by atoms with Crippen LogP contribution in [0.2, 0.25) is 5.02 Å². The summed E-state index contributed by atoms with van der Waals surface area (Å²) in [6.07, 6.45) is -3.40. The third kappa shape index (κ3) is 4.27. The molecule has 2 aromatic rings. The van der Waals surface area contributed by atoms with E-state index in [0.717, 1.165) is 12.1 Å². The molecule has 0 radical (unpaired) electrons. The Bertz CT molecular complexity index is 947. The molecule has 11 heteroatoms. The number of amides is 1. The first-order valence-corrected chi connectivity index (χ1v) is 8.66. The van der Waals surface area contributed by atoms with Gasteiger partial charge in [0.2, 0.25) is 5.91 Å². The van der Waals surface area contributed by atoms with E-state index in [2.05, 4.69) is 10.2 Å². The van der Waals surface area contributed by atoms with Crippen molar-refractivity contribution >= 4 is 23.2 Å². The van der Waals surface area contributed by atoms with Gasteiger partial charge in [0.15, 0.2) is 0 Å². The summed E-state index contributed by atoms with van der Waals surface area (Å²) in [6.45, 7) is 0.555. The Kier molecular flexibility index (Phi) is 5.59. The summed E-state index contributed by atoms with van der Waals surface area (Å²) < 4.78 is 52.4. The van der Waals surface area contributed by atoms with Crippen LogP contribution in [0.15, 0.2) is 29.2 Å². The van der Waals surface area contributed by atoms with Crippen molar-refractivity contribution in [2.75, 3.05) is 31.1 Å². The molecule has 28 heavy (non-hydrogen) atoms. The van der Waals surface area contributed by atoms with Crippen molar-refractivity contribution in [3.63, 3.8) is 0 Å². The number of carbonyl (C=O) groups excluding carboxylic acids is 1. The highest BCUT2D eigenvalue weighted by molar-refractivity contribution is 6.33. The number of hydrogen-bond acceptors (Lipinski definition) is 4. The second-order valence-corrected chi connectivity index (χ2v) is 6.63. The number of rotatable bonds is 4. The van der Waals surface area contributed by atoms with E-state index in [4.69, 9.17) is 11.6 Å². The number of aromatic nitrogens is 2. The van der Waals surface area contributed by atoms with Crippen LogP contribution in [-0.4, -0.2) is 47.2 Å². The molecule has 6 nitrogen and oxygen atoms in total. The summed E-state index contributed by atoms with van der Waals surface area (Å²) in [5.41, 5.74) is -1.38. The van der Waals surface area contributed by atoms with Crippen LogP contribution in [0, 0.1) is 5.82 Å². The molecule has 1 saturated heterocycles. The van der Waals surface area contributed by atoms with E-state index in [1.54, 1.807) is 4.90 Å². The first kappa shape index (κ1) is 20.1. The fraction of sp³-hybridized carbons (Fsp3) is 0.353. The summed E-state index contributed by atoms with van der Waals surface area (Å²) in [5, 5.41) is 5.75. The maximum atomic E-state index is 13.2. The standard InChI is InChI=1S/C17H15ClF4N4O2/c18-15-13(8-23-24-16(15)28)26-6-5-25(14(27)9-26)4-3-10-1-2-11(19)7-12(10)17(20,21)22/h1-2,7-8H,3-6,9H2,(H,24,28). The molecule has 0 aliphatic carbocycles. The number of carbonyl (C=O) groups is 1. The topological polar surface area (TPSA) is 69.3 Å². The van der Waals surface area contributed by atoms with E-state index < -0.39 is 23.1 Å². The first-order valence-electron chi connectivity index (χ1n) is 8.28. The van der Waals surface area contributed by atoms with Gasteiger partial charge in [0, 0.05) is 19.6 Å². The maximum absolute atomic E-state index is 13.2. The van der Waals surface area contributed by atoms with Crippen LogP contribution in [0.4, 0.5) is 23.2 Å². The van der Waals surface area contributed by atoms with Crippen LogP contribution in [0.1, 0.15) is 11.1 Å². The molecule has 0 saturated carbocycles. The van der Waals surface area contributed by atoms with Crippen LogP contribution in [0.25, 0.3) is 0 Å². The molecule has 1 aliphatic heterocycles. The fourth-order valence-corrected chi connectivity index (χ4v) is 3.24. The van der Waals surface area contributed by atoms with Gasteiger partial charge in [-0.25, -0.2) is 9.49 Å². The van der Waals surface area contributed by atoms with Gasteiger partial charge in [0.1, 0.15) is 10.8 Å². The molecule has 1 aromatic heterocycles. The summed E-state index contributed by atoms with van der Waals surface area (Å²) >= 11 is 5.94. The molecular formula is C17H15ClF4N4O2. The Morgan fingerprint density at radius 3 is 2.64 bits per heavy atom. The number of aromatic amines is 1. The van der Waals surface area contributed by atoms with E-state index in [-0.39, 0.29) is 42.5 Å². The number of halogens is 5. The van der Waals surface area contributed by atoms with Gasteiger partial charge in [-0.15, -0.1) is 0 Å². The Morgan fingerprint density at radius 2 is 1.96 bits per heavy atom. The normalized spacial score (nSPS) is 15.2. The number of piperazine rings is 1. The minimum absolute atomic E-state index is 0.0583. The summed E-state index contributed by atoms with van der Waals surface area (Å²) in [7, 11) is 0. The predicted octanol–water partition coefficient (Wildman–Crippen LogP) is 2.47. The lowest BCUT2D eigenvalue weighted by atomic mass is 10.0. The lowest BCUT2D eigenvalue weighted by Gasteiger charge is -2.35. The van der Waals surface area contributed by atoms with Crippen molar-refractivity contribution in [1.29, 1.82) is 0 Å². The molecule has 0 bridgehead atoms. The second-order valence-electron chi connectivity index (χ2n) is 6.25. The van der Waals surface area contributed by atoms with Crippen molar-refractivity contribution < 1.29 is 22.4 Å². The largest absolute Gasteiger partial charge is 0.416 e. The third-order valence-electron chi connectivity index (χ3n) is 4.46. The number of alkyl halides is 3. The molecule has 0 unspecified atom stereocenters. The Morgan fingerprint density at radius 1 is 1.21 bits per heavy atom. The van der Waals surface area contributed by atoms with Gasteiger partial charge in [-0.3, -0.25) is 9.59 Å². The highest BCUT2D eigenvalue weighted by Gasteiger charge is 2.34. The van der Waals surface area contributed by atoms with E-state index >= 15 is 0 Å². The molecule has 1 amide bonds. The fourth-order valence-electron chi connectivity index (χ4n) is 3.03. The number of nitrogens with zero attached hydrogens (tertiary/aromatic N) is 3. The van der Waals surface area contributed by atoms with Gasteiger partial charge in [0.05, 0.1) is 24.0 Å². The van der Waals surface area contributed by atoms with Crippen LogP contribution < -0.4 is 10.5 Å². The third-order valence-corrected chi connectivity index (χ3v) is 4.83. The zero-order valence-electron chi connectivity index (χ0n) is 14.4. The highest BCUT2D eigenvalue weighted by atomic mass is 35.5. The lowest BCUT2D eigenvalue weighted by molar-refractivity contribution is -0.138. The van der Waals surface area contributed by atoms with Gasteiger partial charge < -0.3 is 9.80 Å². The minimum Gasteiger partial charge on any atom is -0.358 e. The molecule has 1 N–H and O–H groups in total. The predicted molar refractivity (Wildman–Crippen MR) is 93.8 cm³/mol. The van der Waals surface area contributed by atoms with Gasteiger partial charge >= 0.3 is 6.18 Å². The second kappa shape index (κ2) is 7.78. The Hall–Kier alpha value is -2.62. The number of nitrogens with one attached hydrogen (secondary N) is 1. The number of hydrogen-bond donors (Lipinski definition) is 1. The monoisotopic (exact) mass is 418 g/mol. The SMILES string of the molecule is O=C1CN(c2cn[nH]c(=O)c2Cl)CCN1CCc1ccc(F)cc1C(F)(F)F. The van der Waals surface area contributed by atoms with Gasteiger partial charge in [-0.05, 0) is 24.1 Å².